The zero-order valence-electron chi connectivity index (χ0n) is 12.0. The number of hydrogen-bond acceptors (Lipinski definition) is 7. The van der Waals surface area contributed by atoms with Crippen LogP contribution in [0.25, 0.3) is 9.88 Å². The Morgan fingerprint density at radius 2 is 2.05 bits per heavy atom. The number of nitrogens with zero attached hydrogens (tertiary/aromatic N) is 4. The van der Waals surface area contributed by atoms with Crippen molar-refractivity contribution in [2.24, 2.45) is 0 Å². The number of aromatic nitrogens is 3. The van der Waals surface area contributed by atoms with Crippen LogP contribution in [0.4, 0.5) is 5.13 Å². The van der Waals surface area contributed by atoms with Crippen molar-refractivity contribution in [3.05, 3.63) is 10.7 Å². The second kappa shape index (κ2) is 5.75. The molecule has 0 aromatic carbocycles. The smallest absolute Gasteiger partial charge is 0.205 e. The fourth-order valence-corrected chi connectivity index (χ4v) is 3.92. The van der Waals surface area contributed by atoms with Gasteiger partial charge in [0.2, 0.25) is 5.13 Å². The maximum Gasteiger partial charge on any atom is 0.205 e. The van der Waals surface area contributed by atoms with Gasteiger partial charge in [0.15, 0.2) is 5.01 Å². The fraction of sp³-hybridized carbons (Fsp3) is 0.615. The van der Waals surface area contributed by atoms with Gasteiger partial charge in [0.25, 0.3) is 0 Å². The summed E-state index contributed by atoms with van der Waals surface area (Å²) in [6.07, 6.45) is 3.54. The molecular formula is C13H19N5S2. The number of anilines is 1. The summed E-state index contributed by atoms with van der Waals surface area (Å²) < 4.78 is 0. The third-order valence-corrected chi connectivity index (χ3v) is 5.49. The van der Waals surface area contributed by atoms with E-state index in [4.69, 9.17) is 4.98 Å². The van der Waals surface area contributed by atoms with Crippen LogP contribution >= 0.6 is 22.7 Å². The molecule has 0 saturated heterocycles. The Kier molecular flexibility index (Phi) is 4.00. The van der Waals surface area contributed by atoms with Crippen molar-refractivity contribution >= 4 is 27.8 Å². The van der Waals surface area contributed by atoms with Crippen LogP contribution < -0.4 is 5.32 Å². The quantitative estimate of drug-likeness (QED) is 0.889. The predicted molar refractivity (Wildman–Crippen MR) is 84.8 cm³/mol. The van der Waals surface area contributed by atoms with E-state index in [0.29, 0.717) is 5.92 Å². The van der Waals surface area contributed by atoms with E-state index in [0.717, 1.165) is 23.1 Å². The molecule has 0 atom stereocenters. The van der Waals surface area contributed by atoms with Gasteiger partial charge in [0, 0.05) is 25.9 Å². The summed E-state index contributed by atoms with van der Waals surface area (Å²) in [6.45, 7) is 1.04. The van der Waals surface area contributed by atoms with Crippen LogP contribution in [0.15, 0.2) is 0 Å². The summed E-state index contributed by atoms with van der Waals surface area (Å²) in [5, 5.41) is 14.6. The lowest BCUT2D eigenvalue weighted by Gasteiger charge is -2.06. The number of likely N-dealkylation sites (N-methyl/N-ethyl adjacent to an activating group) is 1. The second-order valence-corrected chi connectivity index (χ2v) is 7.37. The van der Waals surface area contributed by atoms with Crippen LogP contribution in [-0.2, 0) is 6.42 Å². The summed E-state index contributed by atoms with van der Waals surface area (Å²) in [5.74, 6) is 0.649. The summed E-state index contributed by atoms with van der Waals surface area (Å²) in [5.41, 5.74) is 1.25. The number of hydrogen-bond donors (Lipinski definition) is 1. The normalized spacial score (nSPS) is 15.0. The zero-order chi connectivity index (χ0) is 14.1. The Bertz CT molecular complexity index is 585. The molecular weight excluding hydrogens is 290 g/mol. The Morgan fingerprint density at radius 1 is 1.25 bits per heavy atom. The largest absolute Gasteiger partial charge is 0.363 e. The van der Waals surface area contributed by atoms with E-state index in [-0.39, 0.29) is 0 Å². The Hall–Kier alpha value is -1.05. The van der Waals surface area contributed by atoms with Crippen LogP contribution in [-0.4, -0.2) is 47.8 Å². The highest BCUT2D eigenvalue weighted by atomic mass is 32.1. The van der Waals surface area contributed by atoms with Crippen LogP contribution in [0.5, 0.6) is 0 Å². The van der Waals surface area contributed by atoms with Gasteiger partial charge in [0.05, 0.1) is 15.6 Å². The molecule has 2 aromatic rings. The SMILES string of the molecule is CNc1nnc(-c2sc(CCN(C)C)nc2C2CC2)s1. The van der Waals surface area contributed by atoms with Crippen molar-refractivity contribution in [1.29, 1.82) is 0 Å². The molecule has 0 radical (unpaired) electrons. The van der Waals surface area contributed by atoms with Gasteiger partial charge < -0.3 is 10.2 Å². The first-order chi connectivity index (χ1) is 9.67. The van der Waals surface area contributed by atoms with E-state index >= 15 is 0 Å². The lowest BCUT2D eigenvalue weighted by Crippen LogP contribution is -2.14. The summed E-state index contributed by atoms with van der Waals surface area (Å²) in [7, 11) is 6.07. The van der Waals surface area contributed by atoms with Gasteiger partial charge in [-0.05, 0) is 26.9 Å². The number of thiazole rings is 1. The van der Waals surface area contributed by atoms with Crippen LogP contribution in [0.3, 0.4) is 0 Å². The van der Waals surface area contributed by atoms with Crippen molar-refractivity contribution in [2.45, 2.75) is 25.2 Å². The fourth-order valence-electron chi connectivity index (χ4n) is 2.01. The van der Waals surface area contributed by atoms with Crippen molar-refractivity contribution in [3.8, 4) is 9.88 Å². The predicted octanol–water partition coefficient (Wildman–Crippen LogP) is 2.68. The molecule has 0 amide bonds. The van der Waals surface area contributed by atoms with Gasteiger partial charge in [-0.2, -0.15) is 0 Å². The van der Waals surface area contributed by atoms with Crippen molar-refractivity contribution in [1.82, 2.24) is 20.1 Å². The third-order valence-electron chi connectivity index (χ3n) is 3.27. The average Bonchev–Trinajstić information content (AvgIpc) is 3.02. The molecule has 0 spiro atoms. The molecule has 5 nitrogen and oxygen atoms in total. The molecule has 108 valence electrons. The topological polar surface area (TPSA) is 53.9 Å². The monoisotopic (exact) mass is 309 g/mol. The molecule has 1 aliphatic carbocycles. The van der Waals surface area contributed by atoms with Gasteiger partial charge in [-0.15, -0.1) is 21.5 Å². The first-order valence-electron chi connectivity index (χ1n) is 6.83. The van der Waals surface area contributed by atoms with Crippen molar-refractivity contribution < 1.29 is 0 Å². The molecule has 0 bridgehead atoms. The molecule has 7 heteroatoms. The summed E-state index contributed by atoms with van der Waals surface area (Å²) in [6, 6.07) is 0. The molecule has 0 aliphatic heterocycles. The minimum absolute atomic E-state index is 0.649. The van der Waals surface area contributed by atoms with E-state index in [9.17, 15) is 0 Å². The molecule has 20 heavy (non-hydrogen) atoms. The highest BCUT2D eigenvalue weighted by Gasteiger charge is 2.31. The van der Waals surface area contributed by atoms with Crippen molar-refractivity contribution in [3.63, 3.8) is 0 Å². The molecule has 2 aromatic heterocycles. The highest BCUT2D eigenvalue weighted by Crippen LogP contribution is 2.46. The molecule has 1 saturated carbocycles. The average molecular weight is 309 g/mol. The molecule has 1 N–H and O–H groups in total. The van der Waals surface area contributed by atoms with Crippen LogP contribution in [0.1, 0.15) is 29.5 Å². The maximum atomic E-state index is 4.87. The molecule has 3 rings (SSSR count). The number of rotatable bonds is 6. The first-order valence-corrected chi connectivity index (χ1v) is 8.46. The minimum Gasteiger partial charge on any atom is -0.363 e. The van der Waals surface area contributed by atoms with E-state index in [1.165, 1.54) is 28.4 Å². The summed E-state index contributed by atoms with van der Waals surface area (Å²) in [4.78, 5) is 8.30. The van der Waals surface area contributed by atoms with Crippen LogP contribution in [0, 0.1) is 0 Å². The lowest BCUT2D eigenvalue weighted by molar-refractivity contribution is 0.413. The Morgan fingerprint density at radius 3 is 2.65 bits per heavy atom. The van der Waals surface area contributed by atoms with Gasteiger partial charge in [0.1, 0.15) is 0 Å². The van der Waals surface area contributed by atoms with Gasteiger partial charge in [-0.25, -0.2) is 4.98 Å². The van der Waals surface area contributed by atoms with E-state index in [1.807, 2.05) is 7.05 Å². The Balaban J connectivity index is 1.87. The van der Waals surface area contributed by atoms with E-state index < -0.39 is 0 Å². The maximum absolute atomic E-state index is 4.87. The zero-order valence-corrected chi connectivity index (χ0v) is 13.6. The standard InChI is InChI=1S/C13H19N5S2/c1-14-13-17-16-12(20-13)11-10(8-4-5-8)15-9(19-11)6-7-18(2)3/h8H,4-7H2,1-3H3,(H,14,17). The highest BCUT2D eigenvalue weighted by molar-refractivity contribution is 7.23. The van der Waals surface area contributed by atoms with Crippen LogP contribution in [0.2, 0.25) is 0 Å². The van der Waals surface area contributed by atoms with Crippen molar-refractivity contribution in [2.75, 3.05) is 33.0 Å². The lowest BCUT2D eigenvalue weighted by atomic mass is 10.2. The van der Waals surface area contributed by atoms with Gasteiger partial charge in [-0.1, -0.05) is 11.3 Å². The third kappa shape index (κ3) is 2.99. The number of nitrogens with one attached hydrogen (secondary N) is 1. The first kappa shape index (κ1) is 13.9. The van der Waals surface area contributed by atoms with Gasteiger partial charge in [-0.3, -0.25) is 0 Å². The second-order valence-electron chi connectivity index (χ2n) is 5.31. The molecule has 2 heterocycles. The minimum atomic E-state index is 0.649. The van der Waals surface area contributed by atoms with Gasteiger partial charge >= 0.3 is 0 Å². The molecule has 0 unspecified atom stereocenters. The Labute approximate surface area is 127 Å². The molecule has 1 fully saturated rings. The van der Waals surface area contributed by atoms with E-state index in [2.05, 4.69) is 34.5 Å². The molecule has 1 aliphatic rings. The van der Waals surface area contributed by atoms with E-state index in [1.54, 1.807) is 22.7 Å². The summed E-state index contributed by atoms with van der Waals surface area (Å²) >= 11 is 3.40.